The third kappa shape index (κ3) is 3.76. The number of carbonyl (C=O) groups excluding carboxylic acids is 2. The second kappa shape index (κ2) is 6.64. The van der Waals surface area contributed by atoms with Crippen molar-refractivity contribution in [2.45, 2.75) is 0 Å². The molecule has 0 saturated heterocycles. The minimum Gasteiger partial charge on any atom is -0.318 e. The summed E-state index contributed by atoms with van der Waals surface area (Å²) in [6.45, 7) is 0. The average molecular weight is 321 g/mol. The maximum Gasteiger partial charge on any atom is 0.314 e. The third-order valence-electron chi connectivity index (χ3n) is 2.55. The molecule has 0 unspecified atom stereocenters. The maximum absolute atomic E-state index is 11.7. The Morgan fingerprint density at radius 3 is 2.32 bits per heavy atom. The number of pyridine rings is 1. The van der Waals surface area contributed by atoms with Gasteiger partial charge in [0.05, 0.1) is 10.6 Å². The zero-order chi connectivity index (χ0) is 16.1. The summed E-state index contributed by atoms with van der Waals surface area (Å²) in [5.41, 5.74) is 0.334. The Labute approximate surface area is 129 Å². The number of halogens is 1. The molecule has 8 nitrogen and oxygen atoms in total. The van der Waals surface area contributed by atoms with E-state index in [2.05, 4.69) is 15.6 Å². The number of nitrogens with zero attached hydrogens (tertiary/aromatic N) is 2. The molecule has 1 heterocycles. The third-order valence-corrected chi connectivity index (χ3v) is 2.85. The first-order valence-corrected chi connectivity index (χ1v) is 6.32. The van der Waals surface area contributed by atoms with Gasteiger partial charge in [-0.15, -0.1) is 0 Å². The van der Waals surface area contributed by atoms with Crippen molar-refractivity contribution in [1.29, 1.82) is 0 Å². The Morgan fingerprint density at radius 2 is 1.73 bits per heavy atom. The molecule has 9 heteroatoms. The van der Waals surface area contributed by atoms with E-state index in [0.29, 0.717) is 0 Å². The van der Waals surface area contributed by atoms with E-state index in [0.717, 1.165) is 0 Å². The molecule has 22 heavy (non-hydrogen) atoms. The second-order valence-corrected chi connectivity index (χ2v) is 4.41. The zero-order valence-electron chi connectivity index (χ0n) is 10.9. The quantitative estimate of drug-likeness (QED) is 0.389. The summed E-state index contributed by atoms with van der Waals surface area (Å²) < 4.78 is 0. The molecule has 0 atom stereocenters. The van der Waals surface area contributed by atoms with Crippen LogP contribution in [0.2, 0.25) is 5.15 Å². The maximum atomic E-state index is 11.7. The lowest BCUT2D eigenvalue weighted by Crippen LogP contribution is -2.29. The number of non-ortho nitro benzene ring substituents is 1. The van der Waals surface area contributed by atoms with Crippen molar-refractivity contribution in [3.8, 4) is 0 Å². The van der Waals surface area contributed by atoms with E-state index >= 15 is 0 Å². The lowest BCUT2D eigenvalue weighted by molar-refractivity contribution is -0.384. The van der Waals surface area contributed by atoms with Crippen molar-refractivity contribution in [2.75, 3.05) is 10.6 Å². The Morgan fingerprint density at radius 1 is 1.09 bits per heavy atom. The number of hydrogen-bond acceptors (Lipinski definition) is 5. The van der Waals surface area contributed by atoms with Gasteiger partial charge in [0.15, 0.2) is 5.15 Å². The van der Waals surface area contributed by atoms with E-state index in [4.69, 9.17) is 11.6 Å². The molecule has 0 spiro atoms. The van der Waals surface area contributed by atoms with Gasteiger partial charge in [-0.05, 0) is 24.3 Å². The SMILES string of the molecule is O=C(Nc1ccc([N+](=O)[O-])cc1)C(=O)Nc1cccnc1Cl. The Bertz CT molecular complexity index is 733. The molecule has 112 valence electrons. The fourth-order valence-corrected chi connectivity index (χ4v) is 1.68. The molecule has 1 aromatic heterocycles. The van der Waals surface area contributed by atoms with Crippen molar-refractivity contribution in [1.82, 2.24) is 4.98 Å². The van der Waals surface area contributed by atoms with Gasteiger partial charge in [0.2, 0.25) is 0 Å². The van der Waals surface area contributed by atoms with Crippen molar-refractivity contribution < 1.29 is 14.5 Å². The summed E-state index contributed by atoms with van der Waals surface area (Å²) in [6, 6.07) is 8.11. The van der Waals surface area contributed by atoms with E-state index in [-0.39, 0.29) is 22.2 Å². The Kier molecular flexibility index (Phi) is 4.64. The highest BCUT2D eigenvalue weighted by Gasteiger charge is 2.16. The topological polar surface area (TPSA) is 114 Å². The van der Waals surface area contributed by atoms with Gasteiger partial charge < -0.3 is 10.6 Å². The number of benzene rings is 1. The van der Waals surface area contributed by atoms with Crippen LogP contribution in [0.15, 0.2) is 42.6 Å². The molecule has 0 aliphatic carbocycles. The van der Waals surface area contributed by atoms with E-state index in [1.165, 1.54) is 36.5 Å². The molecule has 0 fully saturated rings. The van der Waals surface area contributed by atoms with Crippen LogP contribution >= 0.6 is 11.6 Å². The van der Waals surface area contributed by atoms with Crippen molar-refractivity contribution >= 4 is 40.5 Å². The van der Waals surface area contributed by atoms with Crippen molar-refractivity contribution in [3.05, 3.63) is 57.9 Å². The van der Waals surface area contributed by atoms with E-state index in [9.17, 15) is 19.7 Å². The normalized spacial score (nSPS) is 9.86. The lowest BCUT2D eigenvalue weighted by Gasteiger charge is -2.07. The van der Waals surface area contributed by atoms with Gasteiger partial charge in [-0.2, -0.15) is 0 Å². The van der Waals surface area contributed by atoms with Crippen molar-refractivity contribution in [3.63, 3.8) is 0 Å². The van der Waals surface area contributed by atoms with Crippen LogP contribution in [-0.4, -0.2) is 21.7 Å². The standard InChI is InChI=1S/C13H9ClN4O4/c14-11-10(2-1-7-15-11)17-13(20)12(19)16-8-3-5-9(6-4-8)18(21)22/h1-7H,(H,16,19)(H,17,20). The second-order valence-electron chi connectivity index (χ2n) is 4.05. The molecular formula is C13H9ClN4O4. The smallest absolute Gasteiger partial charge is 0.314 e. The van der Waals surface area contributed by atoms with Gasteiger partial charge in [0.25, 0.3) is 5.69 Å². The molecular weight excluding hydrogens is 312 g/mol. The molecule has 0 radical (unpaired) electrons. The van der Waals surface area contributed by atoms with Crippen LogP contribution in [0.3, 0.4) is 0 Å². The molecule has 0 bridgehead atoms. The highest BCUT2D eigenvalue weighted by molar-refractivity contribution is 6.44. The molecule has 1 aromatic carbocycles. The fraction of sp³-hybridized carbons (Fsp3) is 0. The number of rotatable bonds is 3. The minimum absolute atomic E-state index is 0.0546. The van der Waals surface area contributed by atoms with E-state index in [1.807, 2.05) is 0 Å². The average Bonchev–Trinajstić information content (AvgIpc) is 2.50. The first kappa shape index (κ1) is 15.4. The van der Waals surface area contributed by atoms with Gasteiger partial charge in [-0.1, -0.05) is 11.6 Å². The zero-order valence-corrected chi connectivity index (χ0v) is 11.7. The van der Waals surface area contributed by atoms with E-state index < -0.39 is 16.7 Å². The highest BCUT2D eigenvalue weighted by Crippen LogP contribution is 2.18. The first-order chi connectivity index (χ1) is 10.5. The fourth-order valence-electron chi connectivity index (χ4n) is 1.51. The van der Waals surface area contributed by atoms with Crippen LogP contribution in [-0.2, 0) is 9.59 Å². The predicted octanol–water partition coefficient (Wildman–Crippen LogP) is 2.22. The number of amides is 2. The summed E-state index contributed by atoms with van der Waals surface area (Å²) in [5, 5.41) is 15.2. The van der Waals surface area contributed by atoms with Crippen LogP contribution in [0.4, 0.5) is 17.1 Å². The van der Waals surface area contributed by atoms with E-state index in [1.54, 1.807) is 6.07 Å². The summed E-state index contributed by atoms with van der Waals surface area (Å²) in [7, 11) is 0. The number of carbonyl (C=O) groups is 2. The summed E-state index contributed by atoms with van der Waals surface area (Å²) >= 11 is 5.76. The molecule has 2 N–H and O–H groups in total. The van der Waals surface area contributed by atoms with Crippen LogP contribution in [0, 0.1) is 10.1 Å². The minimum atomic E-state index is -0.937. The molecule has 2 amide bonds. The first-order valence-electron chi connectivity index (χ1n) is 5.94. The van der Waals surface area contributed by atoms with Crippen LogP contribution in [0.1, 0.15) is 0 Å². The molecule has 0 saturated carbocycles. The highest BCUT2D eigenvalue weighted by atomic mass is 35.5. The number of nitro benzene ring substituents is 1. The summed E-state index contributed by atoms with van der Waals surface area (Å²) in [5.74, 6) is -1.87. The van der Waals surface area contributed by atoms with Gasteiger partial charge in [-0.25, -0.2) is 4.98 Å². The summed E-state index contributed by atoms with van der Waals surface area (Å²) in [6.07, 6.45) is 1.44. The van der Waals surface area contributed by atoms with Crippen LogP contribution in [0.25, 0.3) is 0 Å². The van der Waals surface area contributed by atoms with Gasteiger partial charge >= 0.3 is 11.8 Å². The Balaban J connectivity index is 2.01. The lowest BCUT2D eigenvalue weighted by atomic mass is 10.3. The van der Waals surface area contributed by atoms with Gasteiger partial charge in [-0.3, -0.25) is 19.7 Å². The van der Waals surface area contributed by atoms with Gasteiger partial charge in [0, 0.05) is 24.0 Å². The molecule has 2 rings (SSSR count). The van der Waals surface area contributed by atoms with Crippen molar-refractivity contribution in [2.24, 2.45) is 0 Å². The molecule has 0 aliphatic heterocycles. The molecule has 0 aliphatic rings. The van der Waals surface area contributed by atoms with Gasteiger partial charge in [0.1, 0.15) is 0 Å². The number of nitrogens with one attached hydrogen (secondary N) is 2. The monoisotopic (exact) mass is 320 g/mol. The van der Waals surface area contributed by atoms with Crippen LogP contribution in [0.5, 0.6) is 0 Å². The molecule has 2 aromatic rings. The number of aromatic nitrogens is 1. The Hall–Kier alpha value is -3.00. The predicted molar refractivity (Wildman–Crippen MR) is 79.6 cm³/mol. The number of anilines is 2. The number of hydrogen-bond donors (Lipinski definition) is 2. The largest absolute Gasteiger partial charge is 0.318 e. The number of nitro groups is 1. The van der Waals surface area contributed by atoms with Crippen LogP contribution < -0.4 is 10.6 Å². The summed E-state index contributed by atoms with van der Waals surface area (Å²) in [4.78, 5) is 37.2.